The maximum absolute atomic E-state index is 6.04. The first kappa shape index (κ1) is 13.6. The number of rotatable bonds is 3. The van der Waals surface area contributed by atoms with E-state index in [9.17, 15) is 0 Å². The van der Waals surface area contributed by atoms with Gasteiger partial charge in [-0.25, -0.2) is 0 Å². The van der Waals surface area contributed by atoms with E-state index in [0.717, 1.165) is 25.3 Å². The Labute approximate surface area is 127 Å². The van der Waals surface area contributed by atoms with Crippen molar-refractivity contribution in [3.8, 4) is 5.75 Å². The molecule has 1 aliphatic carbocycles. The number of benzene rings is 1. The molecule has 2 aliphatic heterocycles. The van der Waals surface area contributed by atoms with Crippen LogP contribution in [0.1, 0.15) is 32.3 Å². The molecule has 0 spiro atoms. The maximum Gasteiger partial charge on any atom is 0.123 e. The van der Waals surface area contributed by atoms with Crippen molar-refractivity contribution in [3.05, 3.63) is 29.8 Å². The number of nitrogens with one attached hydrogen (secondary N) is 1. The van der Waals surface area contributed by atoms with Gasteiger partial charge in [0, 0.05) is 36.9 Å². The predicted molar refractivity (Wildman–Crippen MR) is 82.6 cm³/mol. The van der Waals surface area contributed by atoms with Crippen LogP contribution in [0.15, 0.2) is 24.3 Å². The summed E-state index contributed by atoms with van der Waals surface area (Å²) in [5.41, 5.74) is 1.59. The first-order valence-electron chi connectivity index (χ1n) is 8.26. The molecule has 3 nitrogen and oxygen atoms in total. The summed E-state index contributed by atoms with van der Waals surface area (Å²) in [6.45, 7) is 6.55. The Morgan fingerprint density at radius 2 is 2.14 bits per heavy atom. The smallest absolute Gasteiger partial charge is 0.123 e. The quantitative estimate of drug-likeness (QED) is 0.927. The molecule has 1 N–H and O–H groups in total. The number of fused-ring (bicyclic) bond motifs is 2. The Kier molecular flexibility index (Phi) is 3.23. The number of ether oxygens (including phenoxy) is 2. The van der Waals surface area contributed by atoms with E-state index in [1.165, 1.54) is 18.4 Å². The molecule has 4 rings (SSSR count). The van der Waals surface area contributed by atoms with Crippen molar-refractivity contribution < 1.29 is 9.47 Å². The lowest BCUT2D eigenvalue weighted by Gasteiger charge is -2.60. The zero-order valence-electron chi connectivity index (χ0n) is 13.0. The molecule has 0 bridgehead atoms. The van der Waals surface area contributed by atoms with Crippen molar-refractivity contribution in [2.75, 3.05) is 13.2 Å². The van der Waals surface area contributed by atoms with Crippen LogP contribution in [0, 0.1) is 11.3 Å². The highest BCUT2D eigenvalue weighted by Gasteiger charge is 2.57. The third kappa shape index (κ3) is 2.18. The minimum atomic E-state index is 0.247. The molecule has 0 radical (unpaired) electrons. The summed E-state index contributed by atoms with van der Waals surface area (Å²) in [7, 11) is 0. The van der Waals surface area contributed by atoms with Gasteiger partial charge in [-0.1, -0.05) is 32.0 Å². The summed E-state index contributed by atoms with van der Waals surface area (Å²) in [4.78, 5) is 0. The minimum Gasteiger partial charge on any atom is -0.488 e. The van der Waals surface area contributed by atoms with Gasteiger partial charge in [0.2, 0.25) is 0 Å². The average molecular weight is 287 g/mol. The Morgan fingerprint density at radius 1 is 1.29 bits per heavy atom. The second-order valence-electron chi connectivity index (χ2n) is 7.36. The Morgan fingerprint density at radius 3 is 3.00 bits per heavy atom. The van der Waals surface area contributed by atoms with Gasteiger partial charge in [0.1, 0.15) is 11.9 Å². The van der Waals surface area contributed by atoms with Crippen LogP contribution < -0.4 is 10.1 Å². The first-order chi connectivity index (χ1) is 10.2. The van der Waals surface area contributed by atoms with Gasteiger partial charge in [0.05, 0.1) is 6.10 Å². The largest absolute Gasteiger partial charge is 0.488 e. The molecule has 1 saturated heterocycles. The molecule has 1 aromatic rings. The molecule has 0 aromatic heterocycles. The summed E-state index contributed by atoms with van der Waals surface area (Å²) in [6.07, 6.45) is 4.27. The lowest BCUT2D eigenvalue weighted by atomic mass is 9.55. The van der Waals surface area contributed by atoms with Crippen molar-refractivity contribution in [1.29, 1.82) is 0 Å². The fourth-order valence-corrected chi connectivity index (χ4v) is 4.56. The molecular weight excluding hydrogens is 262 g/mol. The van der Waals surface area contributed by atoms with E-state index in [1.807, 2.05) is 6.07 Å². The summed E-state index contributed by atoms with van der Waals surface area (Å²) in [6, 6.07) is 8.96. The van der Waals surface area contributed by atoms with Gasteiger partial charge in [-0.05, 0) is 24.5 Å². The molecule has 2 fully saturated rings. The highest BCUT2D eigenvalue weighted by molar-refractivity contribution is 5.37. The molecule has 4 atom stereocenters. The fourth-order valence-electron chi connectivity index (χ4n) is 4.56. The van der Waals surface area contributed by atoms with Crippen LogP contribution in [-0.4, -0.2) is 31.4 Å². The Balaban J connectivity index is 1.36. The zero-order chi connectivity index (χ0) is 14.4. The number of hydrogen-bond donors (Lipinski definition) is 1. The van der Waals surface area contributed by atoms with Crippen molar-refractivity contribution in [2.45, 2.75) is 51.4 Å². The number of hydrogen-bond acceptors (Lipinski definition) is 3. The van der Waals surface area contributed by atoms with E-state index < -0.39 is 0 Å². The SMILES string of the molecule is CC1(C)C(NCC2Cc3ccccc3O2)C2CCCOC21. The van der Waals surface area contributed by atoms with Gasteiger partial charge in [-0.15, -0.1) is 0 Å². The topological polar surface area (TPSA) is 30.5 Å². The molecule has 3 aliphatic rings. The molecule has 4 unspecified atom stereocenters. The summed E-state index contributed by atoms with van der Waals surface area (Å²) >= 11 is 0. The van der Waals surface area contributed by atoms with E-state index in [-0.39, 0.29) is 11.5 Å². The van der Waals surface area contributed by atoms with Crippen molar-refractivity contribution in [2.24, 2.45) is 11.3 Å². The third-order valence-corrected chi connectivity index (χ3v) is 5.61. The van der Waals surface area contributed by atoms with Crippen LogP contribution in [0.2, 0.25) is 0 Å². The van der Waals surface area contributed by atoms with Gasteiger partial charge in [0.25, 0.3) is 0 Å². The summed E-state index contributed by atoms with van der Waals surface area (Å²) in [5.74, 6) is 1.76. The van der Waals surface area contributed by atoms with Gasteiger partial charge in [-0.3, -0.25) is 0 Å². The van der Waals surface area contributed by atoms with E-state index >= 15 is 0 Å². The second kappa shape index (κ2) is 4.99. The van der Waals surface area contributed by atoms with Crippen LogP contribution in [0.4, 0.5) is 0 Å². The second-order valence-corrected chi connectivity index (χ2v) is 7.36. The molecule has 1 saturated carbocycles. The first-order valence-corrected chi connectivity index (χ1v) is 8.26. The molecular formula is C18H25NO2. The standard InChI is InChI=1S/C18H25NO2/c1-18(2)16(14-7-5-9-20-17(14)18)19-11-13-10-12-6-3-4-8-15(12)21-13/h3-4,6,8,13-14,16-17,19H,5,7,9-11H2,1-2H3. The lowest BCUT2D eigenvalue weighted by Crippen LogP contribution is -2.69. The van der Waals surface area contributed by atoms with Crippen LogP contribution in [0.25, 0.3) is 0 Å². The van der Waals surface area contributed by atoms with E-state index in [1.54, 1.807) is 0 Å². The van der Waals surface area contributed by atoms with Crippen LogP contribution in [0.3, 0.4) is 0 Å². The van der Waals surface area contributed by atoms with E-state index in [0.29, 0.717) is 18.1 Å². The fraction of sp³-hybridized carbons (Fsp3) is 0.667. The van der Waals surface area contributed by atoms with E-state index in [4.69, 9.17) is 9.47 Å². The normalized spacial score (nSPS) is 36.3. The van der Waals surface area contributed by atoms with Gasteiger partial charge in [-0.2, -0.15) is 0 Å². The highest BCUT2D eigenvalue weighted by Crippen LogP contribution is 2.51. The molecule has 114 valence electrons. The highest BCUT2D eigenvalue weighted by atomic mass is 16.5. The third-order valence-electron chi connectivity index (χ3n) is 5.61. The van der Waals surface area contributed by atoms with Gasteiger partial charge >= 0.3 is 0 Å². The minimum absolute atomic E-state index is 0.247. The van der Waals surface area contributed by atoms with Crippen molar-refractivity contribution in [3.63, 3.8) is 0 Å². The maximum atomic E-state index is 6.04. The van der Waals surface area contributed by atoms with Crippen molar-refractivity contribution >= 4 is 0 Å². The van der Waals surface area contributed by atoms with E-state index in [2.05, 4.69) is 37.4 Å². The van der Waals surface area contributed by atoms with Crippen LogP contribution in [0.5, 0.6) is 5.75 Å². The molecule has 3 heteroatoms. The average Bonchev–Trinajstić information content (AvgIpc) is 2.90. The Bertz CT molecular complexity index is 503. The van der Waals surface area contributed by atoms with Gasteiger partial charge in [0.15, 0.2) is 0 Å². The summed E-state index contributed by atoms with van der Waals surface area (Å²) < 4.78 is 12.0. The zero-order valence-corrected chi connectivity index (χ0v) is 13.0. The lowest BCUT2D eigenvalue weighted by molar-refractivity contribution is -0.193. The van der Waals surface area contributed by atoms with Crippen LogP contribution in [-0.2, 0) is 11.2 Å². The Hall–Kier alpha value is -1.06. The van der Waals surface area contributed by atoms with Gasteiger partial charge < -0.3 is 14.8 Å². The monoisotopic (exact) mass is 287 g/mol. The summed E-state index contributed by atoms with van der Waals surface area (Å²) in [5, 5.41) is 3.78. The molecule has 1 aromatic carbocycles. The molecule has 2 heterocycles. The molecule has 0 amide bonds. The number of para-hydroxylation sites is 1. The predicted octanol–water partition coefficient (Wildman–Crippen LogP) is 2.78. The van der Waals surface area contributed by atoms with Crippen LogP contribution >= 0.6 is 0 Å². The molecule has 21 heavy (non-hydrogen) atoms. The van der Waals surface area contributed by atoms with Crippen molar-refractivity contribution in [1.82, 2.24) is 5.32 Å².